The average Bonchev–Trinajstić information content (AvgIpc) is 2.18. The topological polar surface area (TPSA) is 21.3 Å². The molecular formula is C11H14FNO. The second-order valence-electron chi connectivity index (χ2n) is 3.68. The molecule has 1 heterocycles. The Morgan fingerprint density at radius 2 is 2.43 bits per heavy atom. The molecule has 2 nitrogen and oxygen atoms in total. The fourth-order valence-electron chi connectivity index (χ4n) is 1.92. The molecule has 1 unspecified atom stereocenters. The first kappa shape index (κ1) is 9.46. The van der Waals surface area contributed by atoms with Crippen LogP contribution in [0.15, 0.2) is 18.2 Å². The minimum absolute atomic E-state index is 0.154. The van der Waals surface area contributed by atoms with Gasteiger partial charge in [-0.2, -0.15) is 0 Å². The van der Waals surface area contributed by atoms with Gasteiger partial charge < -0.3 is 10.1 Å². The van der Waals surface area contributed by atoms with Crippen LogP contribution in [0.2, 0.25) is 0 Å². The Morgan fingerprint density at radius 3 is 3.21 bits per heavy atom. The minimum atomic E-state index is -0.154. The van der Waals surface area contributed by atoms with E-state index in [1.807, 2.05) is 6.07 Å². The first-order valence-electron chi connectivity index (χ1n) is 4.81. The number of rotatable bonds is 2. The number of halogens is 1. The molecule has 1 atom stereocenters. The van der Waals surface area contributed by atoms with Gasteiger partial charge in [-0.3, -0.25) is 0 Å². The predicted molar refractivity (Wildman–Crippen MR) is 54.0 cm³/mol. The monoisotopic (exact) mass is 195 g/mol. The quantitative estimate of drug-likeness (QED) is 0.779. The molecule has 1 aliphatic rings. The van der Waals surface area contributed by atoms with Crippen LogP contribution in [0.1, 0.15) is 5.56 Å². The van der Waals surface area contributed by atoms with Crippen LogP contribution in [0.5, 0.6) is 0 Å². The molecule has 0 radical (unpaired) electrons. The van der Waals surface area contributed by atoms with Crippen molar-refractivity contribution < 1.29 is 9.13 Å². The number of anilines is 1. The molecule has 14 heavy (non-hydrogen) atoms. The van der Waals surface area contributed by atoms with Crippen LogP contribution in [0.25, 0.3) is 0 Å². The van der Waals surface area contributed by atoms with Crippen LogP contribution < -0.4 is 5.32 Å². The standard InChI is InChI=1S/C11H14FNO/c1-14-7-8-5-9-3-2-4-10(12)11(9)13-6-8/h2-4,8,13H,5-7H2,1H3. The van der Waals surface area contributed by atoms with Crippen molar-refractivity contribution in [2.24, 2.45) is 5.92 Å². The van der Waals surface area contributed by atoms with Gasteiger partial charge in [0.2, 0.25) is 0 Å². The lowest BCUT2D eigenvalue weighted by molar-refractivity contribution is 0.155. The summed E-state index contributed by atoms with van der Waals surface area (Å²) in [6, 6.07) is 5.21. The molecule has 0 saturated heterocycles. The van der Waals surface area contributed by atoms with Crippen LogP contribution in [-0.2, 0) is 11.2 Å². The highest BCUT2D eigenvalue weighted by Crippen LogP contribution is 2.27. The van der Waals surface area contributed by atoms with Crippen molar-refractivity contribution in [1.82, 2.24) is 0 Å². The van der Waals surface area contributed by atoms with E-state index in [0.717, 1.165) is 25.1 Å². The molecule has 1 aliphatic heterocycles. The van der Waals surface area contributed by atoms with Gasteiger partial charge in [0.1, 0.15) is 5.82 Å². The molecule has 1 aromatic carbocycles. The molecule has 2 rings (SSSR count). The Kier molecular flexibility index (Phi) is 2.68. The van der Waals surface area contributed by atoms with Crippen LogP contribution in [0, 0.1) is 11.7 Å². The van der Waals surface area contributed by atoms with E-state index in [-0.39, 0.29) is 5.82 Å². The summed E-state index contributed by atoms with van der Waals surface area (Å²) in [5.41, 5.74) is 1.72. The fraction of sp³-hybridized carbons (Fsp3) is 0.455. The Bertz CT molecular complexity index is 327. The Morgan fingerprint density at radius 1 is 1.57 bits per heavy atom. The third kappa shape index (κ3) is 1.73. The molecule has 0 aromatic heterocycles. The van der Waals surface area contributed by atoms with E-state index >= 15 is 0 Å². The van der Waals surface area contributed by atoms with Crippen LogP contribution in [0.3, 0.4) is 0 Å². The van der Waals surface area contributed by atoms with E-state index < -0.39 is 0 Å². The van der Waals surface area contributed by atoms with Crippen molar-refractivity contribution >= 4 is 5.69 Å². The summed E-state index contributed by atoms with van der Waals surface area (Å²) in [5, 5.41) is 3.11. The van der Waals surface area contributed by atoms with Gasteiger partial charge in [-0.25, -0.2) is 4.39 Å². The molecule has 0 fully saturated rings. The first-order chi connectivity index (χ1) is 6.81. The molecule has 0 saturated carbocycles. The smallest absolute Gasteiger partial charge is 0.146 e. The van der Waals surface area contributed by atoms with Gasteiger partial charge in [0.15, 0.2) is 0 Å². The lowest BCUT2D eigenvalue weighted by Crippen LogP contribution is -2.27. The Balaban J connectivity index is 2.18. The normalized spacial score (nSPS) is 20.0. The Hall–Kier alpha value is -1.09. The maximum absolute atomic E-state index is 13.3. The zero-order valence-corrected chi connectivity index (χ0v) is 8.22. The van der Waals surface area contributed by atoms with Crippen LogP contribution in [0.4, 0.5) is 10.1 Å². The van der Waals surface area contributed by atoms with Crippen molar-refractivity contribution in [3.63, 3.8) is 0 Å². The third-order valence-corrected chi connectivity index (χ3v) is 2.58. The van der Waals surface area contributed by atoms with Crippen molar-refractivity contribution in [3.05, 3.63) is 29.6 Å². The highest BCUT2D eigenvalue weighted by molar-refractivity contribution is 5.54. The third-order valence-electron chi connectivity index (χ3n) is 2.58. The number of nitrogens with one attached hydrogen (secondary N) is 1. The molecule has 0 spiro atoms. The Labute approximate surface area is 83.1 Å². The van der Waals surface area contributed by atoms with Gasteiger partial charge in [0.05, 0.1) is 12.3 Å². The lowest BCUT2D eigenvalue weighted by atomic mass is 9.94. The second kappa shape index (κ2) is 3.96. The summed E-state index contributed by atoms with van der Waals surface area (Å²) in [5.74, 6) is 0.299. The van der Waals surface area contributed by atoms with Gasteiger partial charge in [0.25, 0.3) is 0 Å². The van der Waals surface area contributed by atoms with Gasteiger partial charge in [-0.1, -0.05) is 12.1 Å². The minimum Gasteiger partial charge on any atom is -0.384 e. The maximum Gasteiger partial charge on any atom is 0.146 e. The maximum atomic E-state index is 13.3. The average molecular weight is 195 g/mol. The van der Waals surface area contributed by atoms with Crippen LogP contribution >= 0.6 is 0 Å². The van der Waals surface area contributed by atoms with E-state index in [4.69, 9.17) is 4.74 Å². The largest absolute Gasteiger partial charge is 0.384 e. The van der Waals surface area contributed by atoms with Crippen LogP contribution in [-0.4, -0.2) is 20.3 Å². The van der Waals surface area contributed by atoms with Crippen molar-refractivity contribution in [2.75, 3.05) is 25.6 Å². The fourth-order valence-corrected chi connectivity index (χ4v) is 1.92. The summed E-state index contributed by atoms with van der Waals surface area (Å²) in [6.45, 7) is 1.52. The molecule has 3 heteroatoms. The van der Waals surface area contributed by atoms with Crippen molar-refractivity contribution in [1.29, 1.82) is 0 Å². The van der Waals surface area contributed by atoms with Gasteiger partial charge in [-0.15, -0.1) is 0 Å². The highest BCUT2D eigenvalue weighted by Gasteiger charge is 2.19. The van der Waals surface area contributed by atoms with E-state index in [2.05, 4.69) is 5.32 Å². The van der Waals surface area contributed by atoms with Gasteiger partial charge >= 0.3 is 0 Å². The predicted octanol–water partition coefficient (Wildman–Crippen LogP) is 2.06. The SMILES string of the molecule is COCC1CNc2c(F)cccc2C1. The molecule has 76 valence electrons. The van der Waals surface area contributed by atoms with Crippen molar-refractivity contribution in [3.8, 4) is 0 Å². The number of ether oxygens (including phenoxy) is 1. The number of hydrogen-bond donors (Lipinski definition) is 1. The molecular weight excluding hydrogens is 181 g/mol. The zero-order valence-electron chi connectivity index (χ0n) is 8.22. The summed E-state index contributed by atoms with van der Waals surface area (Å²) in [7, 11) is 1.70. The highest BCUT2D eigenvalue weighted by atomic mass is 19.1. The van der Waals surface area contributed by atoms with Gasteiger partial charge in [-0.05, 0) is 18.1 Å². The van der Waals surface area contributed by atoms with Gasteiger partial charge in [0, 0.05) is 19.6 Å². The number of fused-ring (bicyclic) bond motifs is 1. The van der Waals surface area contributed by atoms with E-state index in [9.17, 15) is 4.39 Å². The summed E-state index contributed by atoms with van der Waals surface area (Å²) in [4.78, 5) is 0. The summed E-state index contributed by atoms with van der Waals surface area (Å²) in [6.07, 6.45) is 0.897. The van der Waals surface area contributed by atoms with E-state index in [1.54, 1.807) is 13.2 Å². The van der Waals surface area contributed by atoms with E-state index in [0.29, 0.717) is 11.6 Å². The van der Waals surface area contributed by atoms with E-state index in [1.165, 1.54) is 6.07 Å². The lowest BCUT2D eigenvalue weighted by Gasteiger charge is -2.25. The molecule has 0 bridgehead atoms. The number of methoxy groups -OCH3 is 1. The molecule has 1 aromatic rings. The second-order valence-corrected chi connectivity index (χ2v) is 3.68. The summed E-state index contributed by atoms with van der Waals surface area (Å²) >= 11 is 0. The number of para-hydroxylation sites is 1. The number of benzene rings is 1. The zero-order chi connectivity index (χ0) is 9.97. The number of hydrogen-bond acceptors (Lipinski definition) is 2. The molecule has 0 aliphatic carbocycles. The first-order valence-corrected chi connectivity index (χ1v) is 4.81. The molecule has 1 N–H and O–H groups in total. The molecule has 0 amide bonds. The summed E-state index contributed by atoms with van der Waals surface area (Å²) < 4.78 is 18.4. The van der Waals surface area contributed by atoms with Crippen molar-refractivity contribution in [2.45, 2.75) is 6.42 Å².